The van der Waals surface area contributed by atoms with Gasteiger partial charge < -0.3 is 9.72 Å². The molecule has 0 bridgehead atoms. The number of hydroxylamine groups is 1. The van der Waals surface area contributed by atoms with Crippen LogP contribution in [-0.2, 0) is 9.57 Å². The first-order valence-electron chi connectivity index (χ1n) is 3.99. The number of aromatic nitrogens is 1. The fourth-order valence-electron chi connectivity index (χ4n) is 0.796. The standard InChI is InChI=1S/C8H11BrN2O3/c1-13-2-3-14-11-8(12)7-4-6(9)5-10-7/h4-5,10H,2-3H2,1H3,(H,11,12). The fourth-order valence-corrected chi connectivity index (χ4v) is 1.14. The molecule has 2 N–H and O–H groups in total. The lowest BCUT2D eigenvalue weighted by Crippen LogP contribution is -2.25. The number of ether oxygens (including phenoxy) is 1. The van der Waals surface area contributed by atoms with Crippen LogP contribution in [0.5, 0.6) is 0 Å². The Bertz CT molecular complexity index is 301. The van der Waals surface area contributed by atoms with Crippen LogP contribution in [0.3, 0.4) is 0 Å². The predicted molar refractivity (Wildman–Crippen MR) is 53.8 cm³/mol. The first-order chi connectivity index (χ1) is 6.74. The van der Waals surface area contributed by atoms with E-state index >= 15 is 0 Å². The summed E-state index contributed by atoms with van der Waals surface area (Å²) in [6, 6.07) is 1.66. The van der Waals surface area contributed by atoms with Gasteiger partial charge in [0.15, 0.2) is 0 Å². The third-order valence-corrected chi connectivity index (χ3v) is 1.90. The van der Waals surface area contributed by atoms with Crippen LogP contribution in [0.4, 0.5) is 0 Å². The molecule has 1 rings (SSSR count). The van der Waals surface area contributed by atoms with E-state index in [1.54, 1.807) is 19.4 Å². The zero-order chi connectivity index (χ0) is 10.4. The smallest absolute Gasteiger partial charge is 0.291 e. The van der Waals surface area contributed by atoms with Crippen LogP contribution in [0.15, 0.2) is 16.7 Å². The van der Waals surface area contributed by atoms with Crippen molar-refractivity contribution in [2.75, 3.05) is 20.3 Å². The molecule has 1 aromatic rings. The van der Waals surface area contributed by atoms with Crippen molar-refractivity contribution < 1.29 is 14.4 Å². The van der Waals surface area contributed by atoms with Crippen molar-refractivity contribution in [3.8, 4) is 0 Å². The van der Waals surface area contributed by atoms with Gasteiger partial charge in [0.2, 0.25) is 0 Å². The Hall–Kier alpha value is -0.850. The number of amides is 1. The molecule has 0 aliphatic heterocycles. The largest absolute Gasteiger partial charge is 0.382 e. The van der Waals surface area contributed by atoms with Crippen molar-refractivity contribution in [2.45, 2.75) is 0 Å². The van der Waals surface area contributed by atoms with Crippen molar-refractivity contribution in [3.63, 3.8) is 0 Å². The maximum atomic E-state index is 11.3. The second-order valence-electron chi connectivity index (χ2n) is 2.50. The van der Waals surface area contributed by atoms with Crippen LogP contribution in [0.2, 0.25) is 0 Å². The average Bonchev–Trinajstić information content (AvgIpc) is 2.59. The molecule has 1 heterocycles. The van der Waals surface area contributed by atoms with Crippen LogP contribution in [0.25, 0.3) is 0 Å². The maximum Gasteiger partial charge on any atom is 0.291 e. The number of carbonyl (C=O) groups excluding carboxylic acids is 1. The molecule has 0 fully saturated rings. The Morgan fingerprint density at radius 3 is 3.00 bits per heavy atom. The van der Waals surface area contributed by atoms with Crippen molar-refractivity contribution in [1.82, 2.24) is 10.5 Å². The minimum absolute atomic E-state index is 0.313. The van der Waals surface area contributed by atoms with Gasteiger partial charge in [0, 0.05) is 17.8 Å². The Kier molecular flexibility index (Phi) is 4.64. The second kappa shape index (κ2) is 5.79. The highest BCUT2D eigenvalue weighted by Gasteiger charge is 2.06. The van der Waals surface area contributed by atoms with E-state index in [0.717, 1.165) is 4.47 Å². The lowest BCUT2D eigenvalue weighted by Gasteiger charge is -2.03. The van der Waals surface area contributed by atoms with Crippen LogP contribution < -0.4 is 5.48 Å². The Balaban J connectivity index is 2.29. The molecular weight excluding hydrogens is 252 g/mol. The van der Waals surface area contributed by atoms with Crippen LogP contribution in [0, 0.1) is 0 Å². The number of rotatable bonds is 5. The number of hydrogen-bond donors (Lipinski definition) is 2. The van der Waals surface area contributed by atoms with Gasteiger partial charge in [-0.05, 0) is 22.0 Å². The molecule has 1 aromatic heterocycles. The maximum absolute atomic E-state index is 11.3. The topological polar surface area (TPSA) is 63.4 Å². The van der Waals surface area contributed by atoms with Crippen LogP contribution in [-0.4, -0.2) is 31.2 Å². The Morgan fingerprint density at radius 1 is 1.64 bits per heavy atom. The number of H-pyrrole nitrogens is 1. The molecule has 14 heavy (non-hydrogen) atoms. The van der Waals surface area contributed by atoms with E-state index in [0.29, 0.717) is 18.9 Å². The lowest BCUT2D eigenvalue weighted by atomic mass is 10.4. The Morgan fingerprint density at radius 2 is 2.43 bits per heavy atom. The third-order valence-electron chi connectivity index (χ3n) is 1.45. The van der Waals surface area contributed by atoms with Gasteiger partial charge >= 0.3 is 0 Å². The minimum atomic E-state index is -0.313. The molecule has 0 saturated carbocycles. The zero-order valence-electron chi connectivity index (χ0n) is 7.67. The van der Waals surface area contributed by atoms with E-state index in [-0.39, 0.29) is 5.91 Å². The molecule has 78 valence electrons. The van der Waals surface area contributed by atoms with Gasteiger partial charge in [0.1, 0.15) is 5.69 Å². The van der Waals surface area contributed by atoms with E-state index in [2.05, 4.69) is 26.4 Å². The average molecular weight is 263 g/mol. The van der Waals surface area contributed by atoms with E-state index in [1.807, 2.05) is 0 Å². The number of carbonyl (C=O) groups is 1. The highest BCUT2D eigenvalue weighted by Crippen LogP contribution is 2.09. The van der Waals surface area contributed by atoms with Gasteiger partial charge in [-0.1, -0.05) is 0 Å². The summed E-state index contributed by atoms with van der Waals surface area (Å²) in [5.41, 5.74) is 2.72. The summed E-state index contributed by atoms with van der Waals surface area (Å²) < 4.78 is 5.56. The highest BCUT2D eigenvalue weighted by atomic mass is 79.9. The summed E-state index contributed by atoms with van der Waals surface area (Å²) in [6.07, 6.45) is 1.67. The van der Waals surface area contributed by atoms with Gasteiger partial charge in [-0.2, -0.15) is 0 Å². The number of hydrogen-bond acceptors (Lipinski definition) is 3. The molecule has 0 atom stereocenters. The van der Waals surface area contributed by atoms with Crippen molar-refractivity contribution >= 4 is 21.8 Å². The lowest BCUT2D eigenvalue weighted by molar-refractivity contribution is 0.00861. The van der Waals surface area contributed by atoms with E-state index in [9.17, 15) is 4.79 Å². The summed E-state index contributed by atoms with van der Waals surface area (Å²) in [5.74, 6) is -0.313. The molecule has 0 aliphatic carbocycles. The molecule has 0 saturated heterocycles. The van der Waals surface area contributed by atoms with Gasteiger partial charge in [0.05, 0.1) is 13.2 Å². The normalized spacial score (nSPS) is 10.1. The number of nitrogens with one attached hydrogen (secondary N) is 2. The summed E-state index contributed by atoms with van der Waals surface area (Å²) in [6.45, 7) is 0.763. The van der Waals surface area contributed by atoms with E-state index < -0.39 is 0 Å². The monoisotopic (exact) mass is 262 g/mol. The number of aromatic amines is 1. The summed E-state index contributed by atoms with van der Waals surface area (Å²) in [4.78, 5) is 18.9. The molecule has 0 spiro atoms. The predicted octanol–water partition coefficient (Wildman–Crippen LogP) is 1.08. The zero-order valence-corrected chi connectivity index (χ0v) is 9.26. The quantitative estimate of drug-likeness (QED) is 0.617. The van der Waals surface area contributed by atoms with Gasteiger partial charge in [-0.15, -0.1) is 0 Å². The van der Waals surface area contributed by atoms with Gasteiger partial charge in [-0.25, -0.2) is 5.48 Å². The molecule has 5 nitrogen and oxygen atoms in total. The van der Waals surface area contributed by atoms with Crippen molar-refractivity contribution in [3.05, 3.63) is 22.4 Å². The summed E-state index contributed by atoms with van der Waals surface area (Å²) in [7, 11) is 1.56. The molecule has 0 unspecified atom stereocenters. The molecular formula is C8H11BrN2O3. The summed E-state index contributed by atoms with van der Waals surface area (Å²) in [5, 5.41) is 0. The van der Waals surface area contributed by atoms with Crippen LogP contribution >= 0.6 is 15.9 Å². The SMILES string of the molecule is COCCONC(=O)c1cc(Br)c[nH]1. The molecule has 6 heteroatoms. The van der Waals surface area contributed by atoms with Crippen molar-refractivity contribution in [2.24, 2.45) is 0 Å². The van der Waals surface area contributed by atoms with Crippen LogP contribution in [0.1, 0.15) is 10.5 Å². The number of methoxy groups -OCH3 is 1. The molecule has 1 amide bonds. The fraction of sp³-hybridized carbons (Fsp3) is 0.375. The van der Waals surface area contributed by atoms with Crippen molar-refractivity contribution in [1.29, 1.82) is 0 Å². The van der Waals surface area contributed by atoms with E-state index in [1.165, 1.54) is 0 Å². The third kappa shape index (κ3) is 3.49. The van der Waals surface area contributed by atoms with Gasteiger partial charge in [-0.3, -0.25) is 9.63 Å². The second-order valence-corrected chi connectivity index (χ2v) is 3.42. The minimum Gasteiger partial charge on any atom is -0.382 e. The van der Waals surface area contributed by atoms with E-state index in [4.69, 9.17) is 9.57 Å². The highest BCUT2D eigenvalue weighted by molar-refractivity contribution is 9.10. The molecule has 0 radical (unpaired) electrons. The number of halogens is 1. The Labute approximate surface area is 89.9 Å². The first-order valence-corrected chi connectivity index (χ1v) is 4.78. The van der Waals surface area contributed by atoms with Gasteiger partial charge in [0.25, 0.3) is 5.91 Å². The summed E-state index contributed by atoms with van der Waals surface area (Å²) >= 11 is 3.22. The first kappa shape index (κ1) is 11.2. The molecule has 0 aliphatic rings. The molecule has 0 aromatic carbocycles.